The topological polar surface area (TPSA) is 58.6 Å². The van der Waals surface area contributed by atoms with Crippen LogP contribution in [0.3, 0.4) is 0 Å². The second kappa shape index (κ2) is 6.16. The van der Waals surface area contributed by atoms with Crippen molar-refractivity contribution < 1.29 is 14.3 Å². The summed E-state index contributed by atoms with van der Waals surface area (Å²) in [5, 5.41) is 2.83. The summed E-state index contributed by atoms with van der Waals surface area (Å²) < 4.78 is 5.61. The van der Waals surface area contributed by atoms with E-state index < -0.39 is 5.54 Å². The maximum absolute atomic E-state index is 12.9. The molecule has 5 nitrogen and oxygen atoms in total. The zero-order valence-corrected chi connectivity index (χ0v) is 12.8. The van der Waals surface area contributed by atoms with Crippen molar-refractivity contribution in [1.82, 2.24) is 5.32 Å². The molecule has 0 bridgehead atoms. The number of carbonyl (C=O) groups is 2. The Balaban J connectivity index is 2.42. The molecule has 1 aliphatic rings. The van der Waals surface area contributed by atoms with Gasteiger partial charge in [-0.15, -0.1) is 0 Å². The van der Waals surface area contributed by atoms with Gasteiger partial charge in [0.2, 0.25) is 5.91 Å². The fourth-order valence-electron chi connectivity index (χ4n) is 2.46. The van der Waals surface area contributed by atoms with E-state index in [9.17, 15) is 9.59 Å². The SMILES string of the molecule is CCOc1ccccc1N1CCC(=O)NC(C)(CC)C1=O. The molecule has 2 amide bonds. The number of hydrogen-bond donors (Lipinski definition) is 1. The van der Waals surface area contributed by atoms with E-state index in [4.69, 9.17) is 4.74 Å². The van der Waals surface area contributed by atoms with Crippen molar-refractivity contribution in [2.24, 2.45) is 0 Å². The molecule has 2 rings (SSSR count). The van der Waals surface area contributed by atoms with Gasteiger partial charge < -0.3 is 15.0 Å². The van der Waals surface area contributed by atoms with Gasteiger partial charge in [-0.05, 0) is 32.4 Å². The third-order valence-electron chi connectivity index (χ3n) is 3.86. The number of rotatable bonds is 4. The van der Waals surface area contributed by atoms with Crippen molar-refractivity contribution in [2.45, 2.75) is 39.2 Å². The Morgan fingerprint density at radius 1 is 1.29 bits per heavy atom. The predicted octanol–water partition coefficient (Wildman–Crippen LogP) is 2.11. The highest BCUT2D eigenvalue weighted by Gasteiger charge is 2.40. The molecule has 1 unspecified atom stereocenters. The molecule has 0 aliphatic carbocycles. The van der Waals surface area contributed by atoms with E-state index in [-0.39, 0.29) is 11.8 Å². The summed E-state index contributed by atoms with van der Waals surface area (Å²) in [4.78, 5) is 26.4. The molecule has 0 spiro atoms. The zero-order chi connectivity index (χ0) is 15.5. The van der Waals surface area contributed by atoms with Gasteiger partial charge in [0.05, 0.1) is 12.3 Å². The van der Waals surface area contributed by atoms with Gasteiger partial charge in [-0.25, -0.2) is 0 Å². The predicted molar refractivity (Wildman–Crippen MR) is 81.4 cm³/mol. The lowest BCUT2D eigenvalue weighted by Crippen LogP contribution is -2.54. The summed E-state index contributed by atoms with van der Waals surface area (Å²) in [6.45, 7) is 6.47. The molecule has 114 valence electrons. The molecule has 0 aromatic heterocycles. The Bertz CT molecular complexity index is 544. The number of anilines is 1. The molecule has 1 aliphatic heterocycles. The molecule has 1 saturated heterocycles. The number of nitrogens with one attached hydrogen (secondary N) is 1. The second-order valence-electron chi connectivity index (χ2n) is 5.34. The number of para-hydroxylation sites is 2. The van der Waals surface area contributed by atoms with Crippen molar-refractivity contribution >= 4 is 17.5 Å². The van der Waals surface area contributed by atoms with Crippen LogP contribution in [0.2, 0.25) is 0 Å². The van der Waals surface area contributed by atoms with Crippen LogP contribution in [0.5, 0.6) is 5.75 Å². The normalized spacial score (nSPS) is 22.7. The van der Waals surface area contributed by atoms with E-state index >= 15 is 0 Å². The first-order valence-electron chi connectivity index (χ1n) is 7.36. The minimum absolute atomic E-state index is 0.0934. The Kier molecular flexibility index (Phi) is 4.50. The van der Waals surface area contributed by atoms with Crippen LogP contribution in [0.4, 0.5) is 5.69 Å². The molecular formula is C16H22N2O3. The number of ether oxygens (including phenoxy) is 1. The Labute approximate surface area is 125 Å². The van der Waals surface area contributed by atoms with Crippen LogP contribution in [0.1, 0.15) is 33.6 Å². The van der Waals surface area contributed by atoms with E-state index in [1.807, 2.05) is 38.1 Å². The second-order valence-corrected chi connectivity index (χ2v) is 5.34. The standard InChI is InChI=1S/C16H22N2O3/c1-4-16(3)15(20)18(11-10-14(19)17-16)12-8-6-7-9-13(12)21-5-2/h6-9H,4-5,10-11H2,1-3H3,(H,17,19). The number of benzene rings is 1. The highest BCUT2D eigenvalue weighted by atomic mass is 16.5. The van der Waals surface area contributed by atoms with E-state index in [1.54, 1.807) is 11.8 Å². The van der Waals surface area contributed by atoms with Gasteiger partial charge in [-0.1, -0.05) is 19.1 Å². The first kappa shape index (κ1) is 15.4. The lowest BCUT2D eigenvalue weighted by Gasteiger charge is -2.31. The molecule has 0 saturated carbocycles. The lowest BCUT2D eigenvalue weighted by atomic mass is 9.97. The molecule has 1 atom stereocenters. The summed E-state index contributed by atoms with van der Waals surface area (Å²) in [6.07, 6.45) is 0.840. The van der Waals surface area contributed by atoms with Crippen LogP contribution < -0.4 is 15.0 Å². The number of hydrogen-bond acceptors (Lipinski definition) is 3. The molecule has 1 aromatic rings. The minimum Gasteiger partial charge on any atom is -0.492 e. The smallest absolute Gasteiger partial charge is 0.252 e. The van der Waals surface area contributed by atoms with Gasteiger partial charge in [-0.3, -0.25) is 9.59 Å². The highest BCUT2D eigenvalue weighted by Crippen LogP contribution is 2.31. The quantitative estimate of drug-likeness (QED) is 0.924. The molecule has 0 radical (unpaired) electrons. The van der Waals surface area contributed by atoms with E-state index in [0.717, 1.165) is 5.69 Å². The fourth-order valence-corrected chi connectivity index (χ4v) is 2.46. The summed E-state index contributed by atoms with van der Waals surface area (Å²) >= 11 is 0. The molecule has 21 heavy (non-hydrogen) atoms. The molecule has 5 heteroatoms. The average molecular weight is 290 g/mol. The third-order valence-corrected chi connectivity index (χ3v) is 3.86. The van der Waals surface area contributed by atoms with Gasteiger partial charge in [0.25, 0.3) is 5.91 Å². The summed E-state index contributed by atoms with van der Waals surface area (Å²) in [5.74, 6) is 0.480. The maximum Gasteiger partial charge on any atom is 0.252 e. The molecule has 1 heterocycles. The van der Waals surface area contributed by atoms with Gasteiger partial charge in [0.15, 0.2) is 0 Å². The minimum atomic E-state index is -0.868. The number of nitrogens with zero attached hydrogens (tertiary/aromatic N) is 1. The summed E-state index contributed by atoms with van der Waals surface area (Å²) in [5.41, 5.74) is -0.145. The first-order valence-corrected chi connectivity index (χ1v) is 7.36. The summed E-state index contributed by atoms with van der Waals surface area (Å²) in [6, 6.07) is 7.44. The first-order chi connectivity index (χ1) is 10.0. The third kappa shape index (κ3) is 3.01. The lowest BCUT2D eigenvalue weighted by molar-refractivity contribution is -0.129. The molecule has 1 fully saturated rings. The van der Waals surface area contributed by atoms with Crippen LogP contribution in [-0.4, -0.2) is 30.5 Å². The maximum atomic E-state index is 12.9. The van der Waals surface area contributed by atoms with Crippen LogP contribution in [-0.2, 0) is 9.59 Å². The fraction of sp³-hybridized carbons (Fsp3) is 0.500. The molecular weight excluding hydrogens is 268 g/mol. The van der Waals surface area contributed by atoms with Crippen LogP contribution >= 0.6 is 0 Å². The van der Waals surface area contributed by atoms with E-state index in [1.165, 1.54) is 0 Å². The number of carbonyl (C=O) groups excluding carboxylic acids is 2. The van der Waals surface area contributed by atoms with Crippen molar-refractivity contribution in [2.75, 3.05) is 18.1 Å². The van der Waals surface area contributed by atoms with Crippen LogP contribution in [0.25, 0.3) is 0 Å². The van der Waals surface area contributed by atoms with Crippen molar-refractivity contribution in [3.05, 3.63) is 24.3 Å². The van der Waals surface area contributed by atoms with Crippen molar-refractivity contribution in [1.29, 1.82) is 0 Å². The Morgan fingerprint density at radius 2 is 2.00 bits per heavy atom. The number of amides is 2. The molecule has 1 N–H and O–H groups in total. The van der Waals surface area contributed by atoms with Gasteiger partial charge in [-0.2, -0.15) is 0 Å². The Morgan fingerprint density at radius 3 is 2.67 bits per heavy atom. The molecule has 1 aromatic carbocycles. The monoisotopic (exact) mass is 290 g/mol. The average Bonchev–Trinajstić information content (AvgIpc) is 2.59. The van der Waals surface area contributed by atoms with Crippen molar-refractivity contribution in [3.63, 3.8) is 0 Å². The van der Waals surface area contributed by atoms with Crippen LogP contribution in [0, 0.1) is 0 Å². The van der Waals surface area contributed by atoms with Gasteiger partial charge in [0, 0.05) is 13.0 Å². The van der Waals surface area contributed by atoms with Crippen molar-refractivity contribution in [3.8, 4) is 5.75 Å². The van der Waals surface area contributed by atoms with E-state index in [2.05, 4.69) is 5.32 Å². The summed E-state index contributed by atoms with van der Waals surface area (Å²) in [7, 11) is 0. The largest absolute Gasteiger partial charge is 0.492 e. The highest BCUT2D eigenvalue weighted by molar-refractivity contribution is 6.04. The van der Waals surface area contributed by atoms with E-state index in [0.29, 0.717) is 31.7 Å². The van der Waals surface area contributed by atoms with Gasteiger partial charge >= 0.3 is 0 Å². The van der Waals surface area contributed by atoms with Gasteiger partial charge in [0.1, 0.15) is 11.3 Å². The Hall–Kier alpha value is -2.04. The van der Waals surface area contributed by atoms with Crippen LogP contribution in [0.15, 0.2) is 24.3 Å². The zero-order valence-electron chi connectivity index (χ0n) is 12.8.